The summed E-state index contributed by atoms with van der Waals surface area (Å²) in [4.78, 5) is 19.4. The van der Waals surface area contributed by atoms with E-state index in [0.29, 0.717) is 11.7 Å². The second-order valence-corrected chi connectivity index (χ2v) is 9.50. The molecule has 0 radical (unpaired) electrons. The van der Waals surface area contributed by atoms with Gasteiger partial charge in [0.2, 0.25) is 6.30 Å². The molecule has 1 aliphatic rings. The Morgan fingerprint density at radius 2 is 1.74 bits per heavy atom. The minimum Gasteiger partial charge on any atom is -0.496 e. The van der Waals surface area contributed by atoms with Crippen LogP contribution < -0.4 is 14.8 Å². The molecule has 2 aromatic carbocycles. The highest BCUT2D eigenvalue weighted by Crippen LogP contribution is 2.34. The van der Waals surface area contributed by atoms with Crippen molar-refractivity contribution >= 4 is 16.9 Å². The maximum atomic E-state index is 13.5. The van der Waals surface area contributed by atoms with Crippen LogP contribution in [0, 0.1) is 0 Å². The summed E-state index contributed by atoms with van der Waals surface area (Å²) in [6.45, 7) is 2.10. The second-order valence-electron chi connectivity index (χ2n) is 9.50. The molecule has 3 heterocycles. The average Bonchev–Trinajstić information content (AvgIpc) is 3.60. The number of halogens is 3. The number of likely N-dealkylation sites (tertiary alicyclic amines) is 1. The van der Waals surface area contributed by atoms with Gasteiger partial charge in [0.15, 0.2) is 0 Å². The summed E-state index contributed by atoms with van der Waals surface area (Å²) in [5.74, 6) is -1.02. The number of alkyl halides is 3. The van der Waals surface area contributed by atoms with Gasteiger partial charge < -0.3 is 19.7 Å². The number of aromatic nitrogens is 4. The number of rotatable bonds is 8. The zero-order chi connectivity index (χ0) is 27.7. The van der Waals surface area contributed by atoms with E-state index in [1.54, 1.807) is 16.2 Å². The third-order valence-electron chi connectivity index (χ3n) is 7.03. The molecule has 1 unspecified atom stereocenters. The van der Waals surface area contributed by atoms with Crippen molar-refractivity contribution in [2.24, 2.45) is 0 Å². The Hall–Kier alpha value is -4.06. The monoisotopic (exact) mass is 542 g/mol. The lowest BCUT2D eigenvalue weighted by atomic mass is 10.1. The summed E-state index contributed by atoms with van der Waals surface area (Å²) in [5, 5.41) is 6.24. The number of carbonyl (C=O) groups is 1. The Morgan fingerprint density at radius 3 is 2.38 bits per heavy atom. The van der Waals surface area contributed by atoms with Crippen LogP contribution in [0.2, 0.25) is 0 Å². The number of methoxy groups -OCH3 is 2. The fraction of sp³-hybridized carbons (Fsp3) is 0.370. The fourth-order valence-corrected chi connectivity index (χ4v) is 4.87. The van der Waals surface area contributed by atoms with Crippen LogP contribution in [0.15, 0.2) is 49.1 Å². The van der Waals surface area contributed by atoms with Gasteiger partial charge in [0.1, 0.15) is 23.4 Å². The predicted molar refractivity (Wildman–Crippen MR) is 140 cm³/mol. The molecule has 39 heavy (non-hydrogen) atoms. The molecule has 5 rings (SSSR count). The number of imidazole rings is 1. The first-order valence-electron chi connectivity index (χ1n) is 12.5. The van der Waals surface area contributed by atoms with E-state index in [1.165, 1.54) is 26.4 Å². The zero-order valence-electron chi connectivity index (χ0n) is 21.8. The van der Waals surface area contributed by atoms with Gasteiger partial charge in [0, 0.05) is 23.9 Å². The van der Waals surface area contributed by atoms with Gasteiger partial charge in [-0.1, -0.05) is 6.07 Å². The van der Waals surface area contributed by atoms with E-state index in [0.717, 1.165) is 48.1 Å². The highest BCUT2D eigenvalue weighted by Gasteiger charge is 2.27. The standard InChI is InChI=1S/C27H29F3N6O3/c1-34-8-6-18(7-9-34)36-14-17(13-32-36)16-4-5-21-20(10-16)31-15-35(21)19-11-22(38-2)24(23(12-19)39-3)27(37)33-26(30)25(28)29/h4-5,10-15,18,25-26H,6-9H2,1-3H3,(H,33,37). The van der Waals surface area contributed by atoms with Gasteiger partial charge in [-0.05, 0) is 50.7 Å². The SMILES string of the molecule is COc1cc(-n2cnc3cc(-c4cnn(C5CCN(C)CC5)c4)ccc32)cc(OC)c1C(=O)NC(F)C(F)F. The maximum absolute atomic E-state index is 13.5. The molecule has 0 bridgehead atoms. The smallest absolute Gasteiger partial charge is 0.287 e. The highest BCUT2D eigenvalue weighted by molar-refractivity contribution is 6.00. The lowest BCUT2D eigenvalue weighted by molar-refractivity contribution is 0.0285. The van der Waals surface area contributed by atoms with Crippen molar-refractivity contribution in [1.82, 2.24) is 29.5 Å². The van der Waals surface area contributed by atoms with Crippen molar-refractivity contribution in [3.8, 4) is 28.3 Å². The number of fused-ring (bicyclic) bond motifs is 1. The lowest BCUT2D eigenvalue weighted by Gasteiger charge is -2.28. The molecule has 9 nitrogen and oxygen atoms in total. The summed E-state index contributed by atoms with van der Waals surface area (Å²) < 4.78 is 53.3. The van der Waals surface area contributed by atoms with Crippen molar-refractivity contribution in [2.75, 3.05) is 34.4 Å². The number of hydrogen-bond donors (Lipinski definition) is 1. The molecular formula is C27H29F3N6O3. The number of benzene rings is 2. The van der Waals surface area contributed by atoms with Gasteiger partial charge in [-0.2, -0.15) is 5.10 Å². The van der Waals surface area contributed by atoms with E-state index < -0.39 is 18.6 Å². The number of amides is 1. The molecule has 4 aromatic rings. The third kappa shape index (κ3) is 5.29. The summed E-state index contributed by atoms with van der Waals surface area (Å²) >= 11 is 0. The summed E-state index contributed by atoms with van der Waals surface area (Å²) in [7, 11) is 4.77. The van der Waals surface area contributed by atoms with Crippen LogP contribution in [0.1, 0.15) is 29.2 Å². The number of piperidine rings is 1. The summed E-state index contributed by atoms with van der Waals surface area (Å²) in [6, 6.07) is 9.35. The first-order chi connectivity index (χ1) is 18.8. The molecule has 1 fully saturated rings. The molecule has 1 N–H and O–H groups in total. The first kappa shape index (κ1) is 26.5. The Labute approximate surface area is 223 Å². The largest absolute Gasteiger partial charge is 0.496 e. The van der Waals surface area contributed by atoms with Crippen LogP contribution in [-0.2, 0) is 0 Å². The molecule has 2 aromatic heterocycles. The second kappa shape index (κ2) is 11.0. The van der Waals surface area contributed by atoms with Crippen molar-refractivity contribution in [2.45, 2.75) is 31.6 Å². The molecule has 12 heteroatoms. The van der Waals surface area contributed by atoms with E-state index in [2.05, 4.69) is 28.2 Å². The molecule has 0 aliphatic carbocycles. The van der Waals surface area contributed by atoms with Crippen LogP contribution in [0.4, 0.5) is 13.2 Å². The maximum Gasteiger partial charge on any atom is 0.287 e. The topological polar surface area (TPSA) is 86.4 Å². The molecule has 1 saturated heterocycles. The van der Waals surface area contributed by atoms with Gasteiger partial charge >= 0.3 is 0 Å². The summed E-state index contributed by atoms with van der Waals surface area (Å²) in [5.41, 5.74) is 3.85. The Morgan fingerprint density at radius 1 is 1.05 bits per heavy atom. The molecule has 1 amide bonds. The average molecular weight is 543 g/mol. The number of ether oxygens (including phenoxy) is 2. The van der Waals surface area contributed by atoms with Gasteiger partial charge in [0.05, 0.1) is 43.2 Å². The van der Waals surface area contributed by atoms with Gasteiger partial charge in [-0.25, -0.2) is 18.2 Å². The molecule has 1 aliphatic heterocycles. The molecule has 0 spiro atoms. The Kier molecular flexibility index (Phi) is 7.47. The number of carbonyl (C=O) groups excluding carboxylic acids is 1. The molecule has 206 valence electrons. The molecular weight excluding hydrogens is 513 g/mol. The third-order valence-corrected chi connectivity index (χ3v) is 7.03. The lowest BCUT2D eigenvalue weighted by Crippen LogP contribution is -2.36. The minimum absolute atomic E-state index is 0.0307. The molecule has 1 atom stereocenters. The van der Waals surface area contributed by atoms with E-state index in [4.69, 9.17) is 9.47 Å². The van der Waals surface area contributed by atoms with Crippen molar-refractivity contribution in [1.29, 1.82) is 0 Å². The van der Waals surface area contributed by atoms with Gasteiger partial charge in [0.25, 0.3) is 12.3 Å². The predicted octanol–water partition coefficient (Wildman–Crippen LogP) is 4.46. The van der Waals surface area contributed by atoms with Crippen LogP contribution in [0.25, 0.3) is 27.8 Å². The zero-order valence-corrected chi connectivity index (χ0v) is 21.8. The van der Waals surface area contributed by atoms with E-state index in [1.807, 2.05) is 29.1 Å². The van der Waals surface area contributed by atoms with Crippen LogP contribution >= 0.6 is 0 Å². The Bertz CT molecular complexity index is 1450. The quantitative estimate of drug-likeness (QED) is 0.331. The van der Waals surface area contributed by atoms with Crippen LogP contribution in [-0.4, -0.2) is 77.2 Å². The van der Waals surface area contributed by atoms with E-state index >= 15 is 0 Å². The van der Waals surface area contributed by atoms with Crippen LogP contribution in [0.3, 0.4) is 0 Å². The first-order valence-corrected chi connectivity index (χ1v) is 12.5. The number of nitrogens with zero attached hydrogens (tertiary/aromatic N) is 5. The van der Waals surface area contributed by atoms with E-state index in [-0.39, 0.29) is 17.1 Å². The van der Waals surface area contributed by atoms with Crippen molar-refractivity contribution < 1.29 is 27.4 Å². The van der Waals surface area contributed by atoms with Gasteiger partial charge in [-0.15, -0.1) is 0 Å². The highest BCUT2D eigenvalue weighted by atomic mass is 19.3. The normalized spacial score (nSPS) is 15.6. The fourth-order valence-electron chi connectivity index (χ4n) is 4.87. The number of nitrogens with one attached hydrogen (secondary N) is 1. The van der Waals surface area contributed by atoms with Gasteiger partial charge in [-0.3, -0.25) is 14.0 Å². The Balaban J connectivity index is 1.44. The van der Waals surface area contributed by atoms with Crippen molar-refractivity contribution in [3.05, 3.63) is 54.6 Å². The minimum atomic E-state index is -3.36. The van der Waals surface area contributed by atoms with Crippen molar-refractivity contribution in [3.63, 3.8) is 0 Å². The number of hydrogen-bond acceptors (Lipinski definition) is 6. The molecule has 0 saturated carbocycles. The van der Waals surface area contributed by atoms with Crippen LogP contribution in [0.5, 0.6) is 11.5 Å². The summed E-state index contributed by atoms with van der Waals surface area (Å²) in [6.07, 6.45) is 1.50. The van der Waals surface area contributed by atoms with E-state index in [9.17, 15) is 18.0 Å².